The van der Waals surface area contributed by atoms with Crippen LogP contribution in [0.3, 0.4) is 0 Å². The van der Waals surface area contributed by atoms with E-state index in [9.17, 15) is 5.11 Å². The van der Waals surface area contributed by atoms with Gasteiger partial charge >= 0.3 is 0 Å². The van der Waals surface area contributed by atoms with Gasteiger partial charge < -0.3 is 5.11 Å². The van der Waals surface area contributed by atoms with Crippen molar-refractivity contribution in [2.75, 3.05) is 0 Å². The van der Waals surface area contributed by atoms with Gasteiger partial charge in [-0.15, -0.1) is 11.5 Å². The fourth-order valence-corrected chi connectivity index (χ4v) is 1.93. The summed E-state index contributed by atoms with van der Waals surface area (Å²) in [5, 5.41) is 9.73. The van der Waals surface area contributed by atoms with Gasteiger partial charge in [0.15, 0.2) is 0 Å². The molecule has 0 aliphatic carbocycles. The second-order valence-electron chi connectivity index (χ2n) is 5.28. The third-order valence-electron chi connectivity index (χ3n) is 2.15. The Morgan fingerprint density at radius 3 is 2.28 bits per heavy atom. The fourth-order valence-electron chi connectivity index (χ4n) is 1.30. The van der Waals surface area contributed by atoms with Gasteiger partial charge in [-0.2, -0.15) is 0 Å². The summed E-state index contributed by atoms with van der Waals surface area (Å²) in [7, 11) is -1.32. The van der Waals surface area contributed by atoms with Crippen molar-refractivity contribution in [2.45, 2.75) is 38.6 Å². The molecule has 0 amide bonds. The summed E-state index contributed by atoms with van der Waals surface area (Å²) in [5.74, 6) is 9.09. The average Bonchev–Trinajstić information content (AvgIpc) is 2.28. The van der Waals surface area contributed by atoms with Crippen LogP contribution in [-0.2, 0) is 0 Å². The van der Waals surface area contributed by atoms with Crippen LogP contribution in [0.2, 0.25) is 19.6 Å². The van der Waals surface area contributed by atoms with Crippen molar-refractivity contribution >= 4 is 8.07 Å². The predicted octanol–water partition coefficient (Wildman–Crippen LogP) is 3.06. The van der Waals surface area contributed by atoms with E-state index in [-0.39, 0.29) is 0 Å². The Bertz CT molecular complexity index is 477. The zero-order valence-electron chi connectivity index (χ0n) is 11.3. The van der Waals surface area contributed by atoms with Crippen molar-refractivity contribution < 1.29 is 5.11 Å². The number of hydrogen-bond acceptors (Lipinski definition) is 1. The summed E-state index contributed by atoms with van der Waals surface area (Å²) >= 11 is 0. The number of aliphatic hydroxyl groups excluding tert-OH is 1. The van der Waals surface area contributed by atoms with Gasteiger partial charge in [0.1, 0.15) is 8.07 Å². The van der Waals surface area contributed by atoms with Gasteiger partial charge in [-0.25, -0.2) is 0 Å². The maximum atomic E-state index is 9.73. The minimum Gasteiger partial charge on any atom is -0.391 e. The molecule has 94 valence electrons. The lowest BCUT2D eigenvalue weighted by molar-refractivity contribution is 0.186. The van der Waals surface area contributed by atoms with Crippen molar-refractivity contribution in [1.29, 1.82) is 0 Å². The molecule has 1 aromatic rings. The van der Waals surface area contributed by atoms with E-state index < -0.39 is 14.2 Å². The molecule has 1 nitrogen and oxygen atoms in total. The van der Waals surface area contributed by atoms with Gasteiger partial charge in [0.25, 0.3) is 0 Å². The van der Waals surface area contributed by atoms with Gasteiger partial charge in [0.05, 0.1) is 6.10 Å². The quantitative estimate of drug-likeness (QED) is 0.637. The van der Waals surface area contributed by atoms with E-state index >= 15 is 0 Å². The number of hydrogen-bond donors (Lipinski definition) is 1. The van der Waals surface area contributed by atoms with Crippen LogP contribution in [0.4, 0.5) is 0 Å². The first-order valence-corrected chi connectivity index (χ1v) is 9.69. The SMILES string of the molecule is C[Si](C)(C)C#CCC(O)CC#Cc1ccccc1. The Morgan fingerprint density at radius 2 is 1.67 bits per heavy atom. The Balaban J connectivity index is 2.40. The molecule has 0 saturated carbocycles. The smallest absolute Gasteiger partial charge is 0.129 e. The number of benzene rings is 1. The van der Waals surface area contributed by atoms with Crippen LogP contribution in [0.5, 0.6) is 0 Å². The summed E-state index contributed by atoms with van der Waals surface area (Å²) < 4.78 is 0. The van der Waals surface area contributed by atoms with Gasteiger partial charge in [0, 0.05) is 18.4 Å². The Morgan fingerprint density at radius 1 is 1.06 bits per heavy atom. The molecule has 0 heterocycles. The van der Waals surface area contributed by atoms with Crippen LogP contribution in [0.25, 0.3) is 0 Å². The molecule has 0 saturated heterocycles. The highest BCUT2D eigenvalue weighted by atomic mass is 28.3. The molecule has 1 atom stereocenters. The van der Waals surface area contributed by atoms with Crippen LogP contribution < -0.4 is 0 Å². The van der Waals surface area contributed by atoms with E-state index in [1.807, 2.05) is 30.3 Å². The maximum Gasteiger partial charge on any atom is 0.129 e. The van der Waals surface area contributed by atoms with E-state index in [0.717, 1.165) is 5.56 Å². The molecular weight excluding hydrogens is 236 g/mol. The van der Waals surface area contributed by atoms with E-state index in [4.69, 9.17) is 0 Å². The third kappa shape index (κ3) is 6.96. The lowest BCUT2D eigenvalue weighted by atomic mass is 10.2. The molecule has 0 aliphatic heterocycles. The molecular formula is C16H20OSi. The van der Waals surface area contributed by atoms with Crippen molar-refractivity contribution in [3.05, 3.63) is 35.9 Å². The summed E-state index contributed by atoms with van der Waals surface area (Å²) in [6.45, 7) is 6.59. The Labute approximate surface area is 111 Å². The van der Waals surface area contributed by atoms with Crippen LogP contribution in [-0.4, -0.2) is 19.3 Å². The second kappa shape index (κ2) is 7.06. The van der Waals surface area contributed by atoms with Crippen LogP contribution in [0.15, 0.2) is 30.3 Å². The van der Waals surface area contributed by atoms with E-state index in [1.165, 1.54) is 0 Å². The normalized spacial score (nSPS) is 11.8. The number of rotatable bonds is 2. The Kier molecular flexibility index (Phi) is 5.72. The van der Waals surface area contributed by atoms with Crippen LogP contribution in [0.1, 0.15) is 18.4 Å². The minimum atomic E-state index is -1.32. The standard InChI is InChI=1S/C16H20OSi/c1-18(2,3)14-8-13-16(17)12-7-11-15-9-5-4-6-10-15/h4-6,9-10,16-17H,12-13H2,1-3H3. The van der Waals surface area contributed by atoms with E-state index in [2.05, 4.69) is 42.9 Å². The van der Waals surface area contributed by atoms with Crippen LogP contribution in [0, 0.1) is 23.3 Å². The molecule has 0 aliphatic rings. The summed E-state index contributed by atoms with van der Waals surface area (Å²) in [6, 6.07) is 9.81. The van der Waals surface area contributed by atoms with Gasteiger partial charge in [0.2, 0.25) is 0 Å². The highest BCUT2D eigenvalue weighted by Gasteiger charge is 2.07. The molecule has 0 spiro atoms. The topological polar surface area (TPSA) is 20.2 Å². The molecule has 0 fully saturated rings. The zero-order valence-corrected chi connectivity index (χ0v) is 12.3. The monoisotopic (exact) mass is 256 g/mol. The highest BCUT2D eigenvalue weighted by molar-refractivity contribution is 6.83. The lowest BCUT2D eigenvalue weighted by Crippen LogP contribution is -2.16. The first-order valence-electron chi connectivity index (χ1n) is 6.19. The van der Waals surface area contributed by atoms with Gasteiger partial charge in [-0.3, -0.25) is 0 Å². The van der Waals surface area contributed by atoms with E-state index in [0.29, 0.717) is 12.8 Å². The molecule has 18 heavy (non-hydrogen) atoms. The van der Waals surface area contributed by atoms with Crippen LogP contribution >= 0.6 is 0 Å². The Hall–Kier alpha value is -1.48. The molecule has 0 bridgehead atoms. The molecule has 1 aromatic carbocycles. The molecule has 1 unspecified atom stereocenters. The lowest BCUT2D eigenvalue weighted by Gasteiger charge is -2.04. The van der Waals surface area contributed by atoms with Crippen molar-refractivity contribution in [3.63, 3.8) is 0 Å². The molecule has 0 radical (unpaired) electrons. The summed E-state index contributed by atoms with van der Waals surface area (Å²) in [4.78, 5) is 0. The maximum absolute atomic E-state index is 9.73. The fraction of sp³-hybridized carbons (Fsp3) is 0.375. The second-order valence-corrected chi connectivity index (χ2v) is 10.0. The summed E-state index contributed by atoms with van der Waals surface area (Å²) in [6.07, 6.45) is 0.563. The average molecular weight is 256 g/mol. The van der Waals surface area contributed by atoms with Crippen molar-refractivity contribution in [1.82, 2.24) is 0 Å². The van der Waals surface area contributed by atoms with Gasteiger partial charge in [-0.05, 0) is 12.1 Å². The minimum absolute atomic E-state index is 0.440. The predicted molar refractivity (Wildman–Crippen MR) is 79.7 cm³/mol. The zero-order chi connectivity index (χ0) is 13.4. The third-order valence-corrected chi connectivity index (χ3v) is 3.07. The largest absolute Gasteiger partial charge is 0.391 e. The molecule has 1 rings (SSSR count). The number of aliphatic hydroxyl groups is 1. The molecule has 2 heteroatoms. The summed E-state index contributed by atoms with van der Waals surface area (Å²) in [5.41, 5.74) is 4.23. The van der Waals surface area contributed by atoms with E-state index in [1.54, 1.807) is 0 Å². The highest BCUT2D eigenvalue weighted by Crippen LogP contribution is 2.00. The van der Waals surface area contributed by atoms with Crippen molar-refractivity contribution in [3.8, 4) is 23.3 Å². The first kappa shape index (κ1) is 14.6. The van der Waals surface area contributed by atoms with Crippen molar-refractivity contribution in [2.24, 2.45) is 0 Å². The molecule has 1 N–H and O–H groups in total. The van der Waals surface area contributed by atoms with Gasteiger partial charge in [-0.1, -0.05) is 49.7 Å². The molecule has 0 aromatic heterocycles. The first-order chi connectivity index (χ1) is 8.47.